The second kappa shape index (κ2) is 8.23. The second-order valence-corrected chi connectivity index (χ2v) is 6.38. The molecule has 1 aliphatic rings. The lowest BCUT2D eigenvalue weighted by Crippen LogP contribution is -2.62. The van der Waals surface area contributed by atoms with Gasteiger partial charge in [0, 0.05) is 24.2 Å². The molecule has 1 fully saturated rings. The first-order valence-electron chi connectivity index (χ1n) is 8.14. The Morgan fingerprint density at radius 1 is 1.21 bits per heavy atom. The van der Waals surface area contributed by atoms with E-state index in [1.54, 1.807) is 0 Å². The lowest BCUT2D eigenvalue weighted by Gasteiger charge is -2.49. The molecule has 19 heavy (non-hydrogen) atoms. The number of nitrogens with one attached hydrogen (secondary N) is 1. The molecule has 2 unspecified atom stereocenters. The third-order valence-electron chi connectivity index (χ3n) is 4.25. The van der Waals surface area contributed by atoms with Crippen LogP contribution in [0.15, 0.2) is 0 Å². The van der Waals surface area contributed by atoms with Crippen molar-refractivity contribution in [2.75, 3.05) is 26.3 Å². The van der Waals surface area contributed by atoms with Gasteiger partial charge in [0.2, 0.25) is 0 Å². The fourth-order valence-corrected chi connectivity index (χ4v) is 3.28. The Labute approximate surface area is 120 Å². The maximum atomic E-state index is 5.67. The molecule has 1 rings (SSSR count). The van der Waals surface area contributed by atoms with Crippen LogP contribution in [0.1, 0.15) is 60.3 Å². The normalized spacial score (nSPS) is 23.2. The first-order valence-corrected chi connectivity index (χ1v) is 8.14. The summed E-state index contributed by atoms with van der Waals surface area (Å²) in [6, 6.07) is 1.25. The van der Waals surface area contributed by atoms with Crippen molar-refractivity contribution in [3.63, 3.8) is 0 Å². The van der Waals surface area contributed by atoms with Crippen LogP contribution in [0.3, 0.4) is 0 Å². The minimum atomic E-state index is 0.165. The van der Waals surface area contributed by atoms with Crippen LogP contribution in [0.2, 0.25) is 0 Å². The summed E-state index contributed by atoms with van der Waals surface area (Å²) < 4.78 is 5.67. The molecule has 1 heterocycles. The fraction of sp³-hybridized carbons (Fsp3) is 1.00. The standard InChI is InChI=1S/C16H34N2O/c1-6-9-14(17-10-7-2)15(8-3)18-11-12-19-13-16(18,4)5/h14-15,17H,6-13H2,1-5H3. The Morgan fingerprint density at radius 2 is 1.95 bits per heavy atom. The molecule has 3 heteroatoms. The molecular weight excluding hydrogens is 236 g/mol. The summed E-state index contributed by atoms with van der Waals surface area (Å²) in [5, 5.41) is 3.77. The number of hydrogen-bond acceptors (Lipinski definition) is 3. The van der Waals surface area contributed by atoms with Crippen molar-refractivity contribution in [3.05, 3.63) is 0 Å². The van der Waals surface area contributed by atoms with Crippen LogP contribution in [0, 0.1) is 0 Å². The highest BCUT2D eigenvalue weighted by Crippen LogP contribution is 2.26. The van der Waals surface area contributed by atoms with Gasteiger partial charge in [-0.3, -0.25) is 4.90 Å². The maximum absolute atomic E-state index is 5.67. The van der Waals surface area contributed by atoms with Gasteiger partial charge in [0.1, 0.15) is 0 Å². The van der Waals surface area contributed by atoms with Crippen molar-refractivity contribution in [2.45, 2.75) is 77.9 Å². The van der Waals surface area contributed by atoms with E-state index in [-0.39, 0.29) is 5.54 Å². The zero-order valence-corrected chi connectivity index (χ0v) is 13.7. The molecule has 0 aromatic carbocycles. The van der Waals surface area contributed by atoms with E-state index in [0.717, 1.165) is 26.3 Å². The lowest BCUT2D eigenvalue weighted by molar-refractivity contribution is -0.0797. The molecule has 1 N–H and O–H groups in total. The smallest absolute Gasteiger partial charge is 0.0645 e. The van der Waals surface area contributed by atoms with Crippen LogP contribution in [-0.4, -0.2) is 48.8 Å². The molecule has 1 saturated heterocycles. The average Bonchev–Trinajstić information content (AvgIpc) is 2.38. The van der Waals surface area contributed by atoms with Crippen molar-refractivity contribution >= 4 is 0 Å². The van der Waals surface area contributed by atoms with E-state index < -0.39 is 0 Å². The third-order valence-corrected chi connectivity index (χ3v) is 4.25. The van der Waals surface area contributed by atoms with Crippen LogP contribution in [0.4, 0.5) is 0 Å². The van der Waals surface area contributed by atoms with Crippen molar-refractivity contribution in [2.24, 2.45) is 0 Å². The quantitative estimate of drug-likeness (QED) is 0.733. The predicted octanol–water partition coefficient (Wildman–Crippen LogP) is 3.04. The summed E-state index contributed by atoms with van der Waals surface area (Å²) in [7, 11) is 0. The Balaban J connectivity index is 2.75. The van der Waals surface area contributed by atoms with E-state index in [4.69, 9.17) is 4.74 Å². The Hall–Kier alpha value is -0.120. The van der Waals surface area contributed by atoms with Crippen LogP contribution >= 0.6 is 0 Å². The van der Waals surface area contributed by atoms with Gasteiger partial charge in [0.05, 0.1) is 13.2 Å². The number of hydrogen-bond donors (Lipinski definition) is 1. The zero-order chi connectivity index (χ0) is 14.3. The fourth-order valence-electron chi connectivity index (χ4n) is 3.28. The van der Waals surface area contributed by atoms with Gasteiger partial charge in [0.25, 0.3) is 0 Å². The molecule has 0 aromatic heterocycles. The molecule has 0 radical (unpaired) electrons. The Morgan fingerprint density at radius 3 is 2.47 bits per heavy atom. The molecular formula is C16H34N2O. The van der Waals surface area contributed by atoms with E-state index in [2.05, 4.69) is 44.8 Å². The summed E-state index contributed by atoms with van der Waals surface area (Å²) in [6.45, 7) is 15.4. The topological polar surface area (TPSA) is 24.5 Å². The SMILES string of the molecule is CCCNC(CCC)C(CC)N1CCOCC1(C)C. The summed E-state index contributed by atoms with van der Waals surface area (Å²) in [5.74, 6) is 0. The van der Waals surface area contributed by atoms with Crippen LogP contribution in [0.25, 0.3) is 0 Å². The van der Waals surface area contributed by atoms with Gasteiger partial charge in [-0.1, -0.05) is 27.2 Å². The Bertz CT molecular complexity index is 243. The molecule has 0 spiro atoms. The maximum Gasteiger partial charge on any atom is 0.0645 e. The lowest BCUT2D eigenvalue weighted by atomic mass is 9.92. The molecule has 0 saturated carbocycles. The van der Waals surface area contributed by atoms with Crippen molar-refractivity contribution in [3.8, 4) is 0 Å². The molecule has 0 aromatic rings. The molecule has 1 aliphatic heterocycles. The van der Waals surface area contributed by atoms with E-state index in [9.17, 15) is 0 Å². The molecule has 2 atom stereocenters. The number of rotatable bonds is 8. The second-order valence-electron chi connectivity index (χ2n) is 6.38. The van der Waals surface area contributed by atoms with E-state index >= 15 is 0 Å². The van der Waals surface area contributed by atoms with Crippen molar-refractivity contribution in [1.29, 1.82) is 0 Å². The van der Waals surface area contributed by atoms with Gasteiger partial charge in [-0.25, -0.2) is 0 Å². The minimum absolute atomic E-state index is 0.165. The van der Waals surface area contributed by atoms with E-state index in [1.165, 1.54) is 25.7 Å². The predicted molar refractivity (Wildman–Crippen MR) is 82.7 cm³/mol. The van der Waals surface area contributed by atoms with Gasteiger partial charge in [0.15, 0.2) is 0 Å². The molecule has 114 valence electrons. The van der Waals surface area contributed by atoms with Crippen molar-refractivity contribution in [1.82, 2.24) is 10.2 Å². The van der Waals surface area contributed by atoms with E-state index in [0.29, 0.717) is 12.1 Å². The Kier molecular flexibility index (Phi) is 7.33. The van der Waals surface area contributed by atoms with Crippen LogP contribution < -0.4 is 5.32 Å². The monoisotopic (exact) mass is 270 g/mol. The highest BCUT2D eigenvalue weighted by atomic mass is 16.5. The number of nitrogens with zero attached hydrogens (tertiary/aromatic N) is 1. The number of morpholine rings is 1. The summed E-state index contributed by atoms with van der Waals surface area (Å²) in [4.78, 5) is 2.68. The first-order chi connectivity index (χ1) is 9.06. The van der Waals surface area contributed by atoms with Gasteiger partial charge < -0.3 is 10.1 Å². The summed E-state index contributed by atoms with van der Waals surface area (Å²) in [6.07, 6.45) is 4.95. The van der Waals surface area contributed by atoms with Gasteiger partial charge in [-0.2, -0.15) is 0 Å². The van der Waals surface area contributed by atoms with Crippen LogP contribution in [0.5, 0.6) is 0 Å². The average molecular weight is 270 g/mol. The van der Waals surface area contributed by atoms with Crippen LogP contribution in [-0.2, 0) is 4.74 Å². The summed E-state index contributed by atoms with van der Waals surface area (Å²) >= 11 is 0. The zero-order valence-electron chi connectivity index (χ0n) is 13.7. The molecule has 3 nitrogen and oxygen atoms in total. The highest BCUT2D eigenvalue weighted by Gasteiger charge is 2.37. The molecule has 0 aliphatic carbocycles. The summed E-state index contributed by atoms with van der Waals surface area (Å²) in [5.41, 5.74) is 0.165. The van der Waals surface area contributed by atoms with Crippen molar-refractivity contribution < 1.29 is 4.74 Å². The van der Waals surface area contributed by atoms with Gasteiger partial charge in [-0.05, 0) is 39.7 Å². The number of ether oxygens (including phenoxy) is 1. The highest BCUT2D eigenvalue weighted by molar-refractivity contribution is 4.93. The molecule has 0 amide bonds. The van der Waals surface area contributed by atoms with Gasteiger partial charge >= 0.3 is 0 Å². The third kappa shape index (κ3) is 4.73. The first kappa shape index (κ1) is 16.9. The minimum Gasteiger partial charge on any atom is -0.378 e. The molecule has 0 bridgehead atoms. The van der Waals surface area contributed by atoms with Gasteiger partial charge in [-0.15, -0.1) is 0 Å². The van der Waals surface area contributed by atoms with E-state index in [1.807, 2.05) is 0 Å². The largest absolute Gasteiger partial charge is 0.378 e.